The Balaban J connectivity index is 2.60. The van der Waals surface area contributed by atoms with E-state index in [-0.39, 0.29) is 5.25 Å². The van der Waals surface area contributed by atoms with Crippen LogP contribution in [0.15, 0.2) is 28.9 Å². The maximum absolute atomic E-state index is 5.02. The van der Waals surface area contributed by atoms with Crippen molar-refractivity contribution in [3.05, 3.63) is 30.0 Å². The highest BCUT2D eigenvalue weighted by Crippen LogP contribution is 2.23. The summed E-state index contributed by atoms with van der Waals surface area (Å²) in [4.78, 5) is 0. The lowest BCUT2D eigenvalue weighted by atomic mass is 10.1. The maximum atomic E-state index is 5.02. The zero-order valence-electron chi connectivity index (χ0n) is 6.69. The zero-order valence-corrected chi connectivity index (χ0v) is 7.58. The second kappa shape index (κ2) is 2.83. The molecule has 0 aliphatic carbocycles. The first-order chi connectivity index (χ1) is 5.77. The van der Waals surface area contributed by atoms with Gasteiger partial charge in [-0.2, -0.15) is 12.6 Å². The molecule has 0 N–H and O–H groups in total. The molecule has 1 aromatic heterocycles. The lowest BCUT2D eigenvalue weighted by Gasteiger charge is -2.01. The van der Waals surface area contributed by atoms with E-state index >= 15 is 0 Å². The van der Waals surface area contributed by atoms with Gasteiger partial charge in [0.05, 0.1) is 6.20 Å². The number of hydrogen-bond donors (Lipinski definition) is 1. The van der Waals surface area contributed by atoms with E-state index in [1.165, 1.54) is 0 Å². The molecule has 1 aromatic carbocycles. The van der Waals surface area contributed by atoms with E-state index in [0.717, 1.165) is 16.5 Å². The van der Waals surface area contributed by atoms with Crippen LogP contribution in [0.1, 0.15) is 17.7 Å². The van der Waals surface area contributed by atoms with Gasteiger partial charge in [0.15, 0.2) is 5.58 Å². The average molecular weight is 179 g/mol. The lowest BCUT2D eigenvalue weighted by molar-refractivity contribution is 0.456. The first-order valence-corrected chi connectivity index (χ1v) is 4.31. The molecule has 0 bridgehead atoms. The molecule has 3 heteroatoms. The summed E-state index contributed by atoms with van der Waals surface area (Å²) in [6.45, 7) is 2.03. The highest BCUT2D eigenvalue weighted by molar-refractivity contribution is 7.80. The van der Waals surface area contributed by atoms with Crippen LogP contribution in [-0.4, -0.2) is 5.16 Å². The van der Waals surface area contributed by atoms with Gasteiger partial charge in [0.1, 0.15) is 0 Å². The molecule has 0 aliphatic rings. The molecule has 2 nitrogen and oxygen atoms in total. The Hall–Kier alpha value is -0.960. The number of fused-ring (bicyclic) bond motifs is 1. The quantitative estimate of drug-likeness (QED) is 0.681. The van der Waals surface area contributed by atoms with E-state index in [1.54, 1.807) is 6.20 Å². The van der Waals surface area contributed by atoms with E-state index in [9.17, 15) is 0 Å². The van der Waals surface area contributed by atoms with Crippen molar-refractivity contribution in [3.8, 4) is 0 Å². The molecule has 0 aliphatic heterocycles. The molecule has 12 heavy (non-hydrogen) atoms. The van der Waals surface area contributed by atoms with Crippen molar-refractivity contribution in [2.75, 3.05) is 0 Å². The van der Waals surface area contributed by atoms with Gasteiger partial charge in [0, 0.05) is 10.6 Å². The van der Waals surface area contributed by atoms with Gasteiger partial charge in [-0.3, -0.25) is 0 Å². The van der Waals surface area contributed by atoms with Crippen LogP contribution in [0.4, 0.5) is 0 Å². The van der Waals surface area contributed by atoms with Gasteiger partial charge in [0.2, 0.25) is 0 Å². The third-order valence-electron chi connectivity index (χ3n) is 1.86. The Morgan fingerprint density at radius 1 is 1.50 bits per heavy atom. The van der Waals surface area contributed by atoms with Crippen molar-refractivity contribution in [3.63, 3.8) is 0 Å². The summed E-state index contributed by atoms with van der Waals surface area (Å²) in [7, 11) is 0. The number of thiol groups is 1. The summed E-state index contributed by atoms with van der Waals surface area (Å²) in [6, 6.07) is 6.01. The largest absolute Gasteiger partial charge is 0.356 e. The minimum atomic E-state index is 0.236. The highest BCUT2D eigenvalue weighted by Gasteiger charge is 2.03. The van der Waals surface area contributed by atoms with Crippen molar-refractivity contribution in [2.45, 2.75) is 12.2 Å². The molecule has 0 spiro atoms. The van der Waals surface area contributed by atoms with E-state index < -0.39 is 0 Å². The van der Waals surface area contributed by atoms with Crippen molar-refractivity contribution in [1.29, 1.82) is 0 Å². The Labute approximate surface area is 76.0 Å². The first-order valence-electron chi connectivity index (χ1n) is 3.80. The molecular formula is C9H9NOS. The molecular weight excluding hydrogens is 170 g/mol. The van der Waals surface area contributed by atoms with Crippen LogP contribution in [0.2, 0.25) is 0 Å². The number of hydrogen-bond acceptors (Lipinski definition) is 3. The van der Waals surface area contributed by atoms with Gasteiger partial charge in [0.25, 0.3) is 0 Å². The Morgan fingerprint density at radius 3 is 3.08 bits per heavy atom. The van der Waals surface area contributed by atoms with Gasteiger partial charge < -0.3 is 4.52 Å². The molecule has 0 radical (unpaired) electrons. The van der Waals surface area contributed by atoms with Crippen LogP contribution in [0, 0.1) is 0 Å². The topological polar surface area (TPSA) is 26.0 Å². The second-order valence-electron chi connectivity index (χ2n) is 2.80. The van der Waals surface area contributed by atoms with Gasteiger partial charge in [-0.15, -0.1) is 0 Å². The fourth-order valence-electron chi connectivity index (χ4n) is 1.14. The number of rotatable bonds is 1. The normalized spacial score (nSPS) is 13.5. The fourth-order valence-corrected chi connectivity index (χ4v) is 1.30. The molecule has 2 rings (SSSR count). The van der Waals surface area contributed by atoms with Crippen LogP contribution in [0.25, 0.3) is 11.0 Å². The molecule has 0 saturated heterocycles. The van der Waals surface area contributed by atoms with E-state index in [4.69, 9.17) is 4.52 Å². The maximum Gasteiger partial charge on any atom is 0.167 e. The number of benzene rings is 1. The van der Waals surface area contributed by atoms with Crippen molar-refractivity contribution < 1.29 is 4.52 Å². The monoisotopic (exact) mass is 179 g/mol. The zero-order chi connectivity index (χ0) is 8.55. The predicted octanol–water partition coefficient (Wildman–Crippen LogP) is 2.82. The van der Waals surface area contributed by atoms with Crippen LogP contribution >= 0.6 is 12.6 Å². The SMILES string of the molecule is CC(S)c1ccc2cnoc2c1. The van der Waals surface area contributed by atoms with E-state index in [0.29, 0.717) is 0 Å². The summed E-state index contributed by atoms with van der Waals surface area (Å²) in [6.07, 6.45) is 1.71. The van der Waals surface area contributed by atoms with Gasteiger partial charge >= 0.3 is 0 Å². The van der Waals surface area contributed by atoms with E-state index in [1.807, 2.05) is 25.1 Å². The molecule has 1 unspecified atom stereocenters. The summed E-state index contributed by atoms with van der Waals surface area (Å²) in [5, 5.41) is 4.97. The molecule has 1 atom stereocenters. The molecule has 0 amide bonds. The fraction of sp³-hybridized carbons (Fsp3) is 0.222. The predicted molar refractivity (Wildman–Crippen MR) is 51.4 cm³/mol. The van der Waals surface area contributed by atoms with Crippen molar-refractivity contribution >= 4 is 23.6 Å². The molecule has 0 fully saturated rings. The minimum Gasteiger partial charge on any atom is -0.356 e. The van der Waals surface area contributed by atoms with Crippen LogP contribution < -0.4 is 0 Å². The van der Waals surface area contributed by atoms with Gasteiger partial charge in [-0.25, -0.2) is 0 Å². The van der Waals surface area contributed by atoms with Gasteiger partial charge in [-0.05, 0) is 24.6 Å². The smallest absolute Gasteiger partial charge is 0.167 e. The Bertz CT molecular complexity index is 394. The minimum absolute atomic E-state index is 0.236. The van der Waals surface area contributed by atoms with Crippen LogP contribution in [0.3, 0.4) is 0 Å². The highest BCUT2D eigenvalue weighted by atomic mass is 32.1. The van der Waals surface area contributed by atoms with Crippen LogP contribution in [0.5, 0.6) is 0 Å². The summed E-state index contributed by atoms with van der Waals surface area (Å²) in [5.41, 5.74) is 1.98. The molecule has 0 saturated carbocycles. The van der Waals surface area contributed by atoms with Crippen molar-refractivity contribution in [1.82, 2.24) is 5.16 Å². The summed E-state index contributed by atoms with van der Waals surface area (Å²) < 4.78 is 5.02. The van der Waals surface area contributed by atoms with Crippen molar-refractivity contribution in [2.24, 2.45) is 0 Å². The summed E-state index contributed by atoms with van der Waals surface area (Å²) in [5.74, 6) is 0. The summed E-state index contributed by atoms with van der Waals surface area (Å²) >= 11 is 4.33. The first kappa shape index (κ1) is 7.68. The molecule has 62 valence electrons. The van der Waals surface area contributed by atoms with Crippen LogP contribution in [-0.2, 0) is 0 Å². The standard InChI is InChI=1S/C9H9NOS/c1-6(12)7-2-3-8-5-10-11-9(8)4-7/h2-6,12H,1H3. The molecule has 2 aromatic rings. The Morgan fingerprint density at radius 2 is 2.33 bits per heavy atom. The van der Waals surface area contributed by atoms with Gasteiger partial charge in [-0.1, -0.05) is 11.2 Å². The average Bonchev–Trinajstić information content (AvgIpc) is 2.49. The third-order valence-corrected chi connectivity index (χ3v) is 2.16. The second-order valence-corrected chi connectivity index (χ2v) is 3.57. The Kier molecular flexibility index (Phi) is 1.81. The lowest BCUT2D eigenvalue weighted by Crippen LogP contribution is -1.81. The molecule has 1 heterocycles. The number of nitrogens with zero attached hydrogens (tertiary/aromatic N) is 1. The third kappa shape index (κ3) is 1.20. The number of aromatic nitrogens is 1. The van der Waals surface area contributed by atoms with E-state index in [2.05, 4.69) is 17.8 Å².